The Labute approximate surface area is 298 Å². The van der Waals surface area contributed by atoms with Gasteiger partial charge in [0.05, 0.1) is 27.7 Å². The van der Waals surface area contributed by atoms with Crippen LogP contribution in [0.1, 0.15) is 161 Å². The van der Waals surface area contributed by atoms with Gasteiger partial charge in [-0.05, 0) is 24.8 Å². The highest BCUT2D eigenvalue weighted by atomic mass is 31.2. The van der Waals surface area contributed by atoms with Crippen LogP contribution >= 0.6 is 7.82 Å². The van der Waals surface area contributed by atoms with Gasteiger partial charge in [-0.2, -0.15) is 0 Å². The van der Waals surface area contributed by atoms with Gasteiger partial charge in [0.2, 0.25) is 0 Å². The van der Waals surface area contributed by atoms with E-state index in [0.717, 1.165) is 70.6 Å². The minimum atomic E-state index is -4.63. The predicted octanol–water partition coefficient (Wildman–Crippen LogP) is 9.34. The lowest BCUT2D eigenvalue weighted by Crippen LogP contribution is -2.37. The second-order valence-electron chi connectivity index (χ2n) is 14.3. The third-order valence-electron chi connectivity index (χ3n) is 8.35. The van der Waals surface area contributed by atoms with Crippen LogP contribution in [0.2, 0.25) is 0 Å². The van der Waals surface area contributed by atoms with Gasteiger partial charge in [0.15, 0.2) is 6.10 Å². The third kappa shape index (κ3) is 35.9. The van der Waals surface area contributed by atoms with Gasteiger partial charge in [0.25, 0.3) is 7.82 Å². The monoisotopic (exact) mass is 719 g/mol. The second kappa shape index (κ2) is 32.2. The van der Waals surface area contributed by atoms with Gasteiger partial charge in [-0.3, -0.25) is 14.2 Å². The zero-order valence-corrected chi connectivity index (χ0v) is 32.5. The van der Waals surface area contributed by atoms with Gasteiger partial charge in [-0.15, -0.1) is 0 Å². The average molecular weight is 719 g/mol. The van der Waals surface area contributed by atoms with Crippen LogP contribution in [0.4, 0.5) is 0 Å². The number of ether oxygens (including phenoxy) is 2. The normalized spacial score (nSPS) is 13.4. The molecule has 0 amide bonds. The zero-order valence-electron chi connectivity index (χ0n) is 31.6. The molecule has 0 aliphatic rings. The molecular weight excluding hydrogens is 647 g/mol. The average Bonchev–Trinajstić information content (AvgIpc) is 3.04. The molecule has 288 valence electrons. The Hall–Kier alpha value is -1.68. The number of hydrogen-bond acceptors (Lipinski definition) is 9. The molecule has 13 heteroatoms. The SMILES string of the molecule is CCCCCCCCCCCCCCCC(=O)OC[C@H](COP(=O)([O-])OCC[N+](C)(C)C)OC(=O)CCCCCCCCCCCN=[N+]=[N-]. The number of quaternary nitrogens is 1. The molecule has 0 rings (SSSR count). The van der Waals surface area contributed by atoms with E-state index in [1.165, 1.54) is 64.2 Å². The summed E-state index contributed by atoms with van der Waals surface area (Å²) >= 11 is 0. The van der Waals surface area contributed by atoms with E-state index in [9.17, 15) is 19.0 Å². The summed E-state index contributed by atoms with van der Waals surface area (Å²) in [5.74, 6) is -0.878. The third-order valence-corrected chi connectivity index (χ3v) is 9.31. The number of azide groups is 1. The van der Waals surface area contributed by atoms with Crippen LogP contribution in [-0.2, 0) is 32.7 Å². The van der Waals surface area contributed by atoms with Crippen molar-refractivity contribution in [3.63, 3.8) is 0 Å². The molecular formula is C36H71N4O8P. The topological polar surface area (TPSA) is 160 Å². The number of carbonyl (C=O) groups is 2. The largest absolute Gasteiger partial charge is 0.756 e. The zero-order chi connectivity index (χ0) is 36.5. The van der Waals surface area contributed by atoms with Gasteiger partial charge in [-0.1, -0.05) is 134 Å². The fourth-order valence-electron chi connectivity index (χ4n) is 5.28. The summed E-state index contributed by atoms with van der Waals surface area (Å²) in [7, 11) is 1.12. The van der Waals surface area contributed by atoms with E-state index >= 15 is 0 Å². The quantitative estimate of drug-likeness (QED) is 0.0118. The lowest BCUT2D eigenvalue weighted by molar-refractivity contribution is -0.870. The molecule has 12 nitrogen and oxygen atoms in total. The molecule has 0 bridgehead atoms. The number of phosphoric ester groups is 1. The smallest absolute Gasteiger partial charge is 0.306 e. The lowest BCUT2D eigenvalue weighted by Gasteiger charge is -2.28. The van der Waals surface area contributed by atoms with E-state index in [4.69, 9.17) is 24.1 Å². The number of carbonyl (C=O) groups excluding carboxylic acids is 2. The molecule has 0 radical (unpaired) electrons. The molecule has 0 heterocycles. The molecule has 0 aromatic heterocycles. The number of likely N-dealkylation sites (N-methyl/N-ethyl adjacent to an activating group) is 1. The Balaban J connectivity index is 4.39. The number of rotatable bonds is 36. The number of nitrogens with zero attached hydrogens (tertiary/aromatic N) is 4. The molecule has 0 saturated carbocycles. The summed E-state index contributed by atoms with van der Waals surface area (Å²) in [5, 5.41) is 3.54. The van der Waals surface area contributed by atoms with Crippen molar-refractivity contribution in [3.05, 3.63) is 10.4 Å². The molecule has 0 spiro atoms. The first-order valence-electron chi connectivity index (χ1n) is 19.3. The van der Waals surface area contributed by atoms with Crippen LogP contribution in [0.3, 0.4) is 0 Å². The first kappa shape index (κ1) is 47.3. The molecule has 0 saturated heterocycles. The van der Waals surface area contributed by atoms with E-state index in [1.54, 1.807) is 0 Å². The minimum Gasteiger partial charge on any atom is -0.756 e. The summed E-state index contributed by atoms with van der Waals surface area (Å²) in [6.07, 6.45) is 24.2. The van der Waals surface area contributed by atoms with Gasteiger partial charge in [0, 0.05) is 24.3 Å². The predicted molar refractivity (Wildman–Crippen MR) is 194 cm³/mol. The standard InChI is InChI=1S/C36H71N4O8P/c1-5-6-7-8-9-10-11-12-13-15-18-21-24-27-35(41)45-32-34(33-47-49(43,44)46-31-30-40(2,3)4)48-36(42)28-25-22-19-16-14-17-20-23-26-29-38-39-37/h34H,5-33H2,1-4H3/t34-/m1/s1. The maximum absolute atomic E-state index is 12.6. The van der Waals surface area contributed by atoms with Crippen LogP contribution in [-0.4, -0.2) is 76.6 Å². The number of esters is 2. The molecule has 0 aliphatic carbocycles. The van der Waals surface area contributed by atoms with Crippen molar-refractivity contribution >= 4 is 19.8 Å². The van der Waals surface area contributed by atoms with E-state index in [1.807, 2.05) is 21.1 Å². The van der Waals surface area contributed by atoms with Crippen LogP contribution in [0.15, 0.2) is 5.11 Å². The van der Waals surface area contributed by atoms with Crippen molar-refractivity contribution in [1.82, 2.24) is 0 Å². The summed E-state index contributed by atoms with van der Waals surface area (Å²) < 4.78 is 33.7. The van der Waals surface area contributed by atoms with Crippen LogP contribution in [0.5, 0.6) is 0 Å². The van der Waals surface area contributed by atoms with Crippen molar-refractivity contribution in [3.8, 4) is 0 Å². The van der Waals surface area contributed by atoms with Gasteiger partial charge >= 0.3 is 11.9 Å². The van der Waals surface area contributed by atoms with Crippen molar-refractivity contribution in [2.45, 2.75) is 167 Å². The van der Waals surface area contributed by atoms with Crippen LogP contribution in [0.25, 0.3) is 10.4 Å². The summed E-state index contributed by atoms with van der Waals surface area (Å²) in [4.78, 5) is 40.0. The Morgan fingerprint density at radius 2 is 1.14 bits per heavy atom. The Morgan fingerprint density at radius 3 is 1.61 bits per heavy atom. The van der Waals surface area contributed by atoms with Gasteiger partial charge < -0.3 is 27.9 Å². The Bertz CT molecular complexity index is 912. The molecule has 49 heavy (non-hydrogen) atoms. The number of hydrogen-bond donors (Lipinski definition) is 0. The Morgan fingerprint density at radius 1 is 0.694 bits per heavy atom. The highest BCUT2D eigenvalue weighted by Crippen LogP contribution is 2.38. The second-order valence-corrected chi connectivity index (χ2v) is 15.7. The fraction of sp³-hybridized carbons (Fsp3) is 0.944. The molecule has 2 atom stereocenters. The van der Waals surface area contributed by atoms with Gasteiger partial charge in [0.1, 0.15) is 19.8 Å². The molecule has 0 aromatic rings. The summed E-state index contributed by atoms with van der Waals surface area (Å²) in [6, 6.07) is 0. The fourth-order valence-corrected chi connectivity index (χ4v) is 6.01. The maximum atomic E-state index is 12.6. The molecule has 0 aromatic carbocycles. The number of phosphoric acid groups is 1. The van der Waals surface area contributed by atoms with E-state index in [2.05, 4.69) is 16.9 Å². The van der Waals surface area contributed by atoms with E-state index in [-0.39, 0.29) is 26.1 Å². The number of unbranched alkanes of at least 4 members (excludes halogenated alkanes) is 20. The van der Waals surface area contributed by atoms with E-state index < -0.39 is 32.5 Å². The summed E-state index contributed by atoms with van der Waals surface area (Å²) in [5.41, 5.74) is 8.29. The lowest BCUT2D eigenvalue weighted by atomic mass is 10.0. The van der Waals surface area contributed by atoms with Crippen molar-refractivity contribution in [2.24, 2.45) is 5.11 Å². The van der Waals surface area contributed by atoms with E-state index in [0.29, 0.717) is 24.0 Å². The summed E-state index contributed by atoms with van der Waals surface area (Å²) in [6.45, 7) is 2.47. The van der Waals surface area contributed by atoms with Crippen molar-refractivity contribution in [2.75, 3.05) is 54.1 Å². The van der Waals surface area contributed by atoms with Gasteiger partial charge in [-0.25, -0.2) is 0 Å². The molecule has 0 fully saturated rings. The minimum absolute atomic E-state index is 0.0414. The molecule has 1 unspecified atom stereocenters. The highest BCUT2D eigenvalue weighted by molar-refractivity contribution is 7.45. The van der Waals surface area contributed by atoms with Crippen LogP contribution < -0.4 is 4.89 Å². The molecule has 0 aliphatic heterocycles. The van der Waals surface area contributed by atoms with Crippen molar-refractivity contribution in [1.29, 1.82) is 0 Å². The Kier molecular flexibility index (Phi) is 31.1. The first-order chi connectivity index (χ1) is 23.5. The maximum Gasteiger partial charge on any atom is 0.306 e. The van der Waals surface area contributed by atoms with Crippen molar-refractivity contribution < 1.29 is 42.1 Å². The molecule has 0 N–H and O–H groups in total. The first-order valence-corrected chi connectivity index (χ1v) is 20.7. The highest BCUT2D eigenvalue weighted by Gasteiger charge is 2.21. The van der Waals surface area contributed by atoms with Crippen LogP contribution in [0, 0.1) is 0 Å².